The summed E-state index contributed by atoms with van der Waals surface area (Å²) in [7, 11) is 2.11. The van der Waals surface area contributed by atoms with Crippen LogP contribution in [0.4, 0.5) is 0 Å². The molecule has 1 unspecified atom stereocenters. The summed E-state index contributed by atoms with van der Waals surface area (Å²) < 4.78 is 5.10. The molecule has 1 aromatic carbocycles. The van der Waals surface area contributed by atoms with Gasteiger partial charge in [-0.25, -0.2) is 0 Å². The monoisotopic (exact) mass is 389 g/mol. The molecule has 0 aliphatic carbocycles. The molecule has 6 nitrogen and oxygen atoms in total. The molecule has 1 saturated heterocycles. The zero-order valence-electron chi connectivity index (χ0n) is 14.4. The Morgan fingerprint density at radius 2 is 1.85 bits per heavy atom. The molecule has 0 aromatic heterocycles. The first-order valence-electron chi connectivity index (χ1n) is 8.00. The highest BCUT2D eigenvalue weighted by Gasteiger charge is 2.31. The first kappa shape index (κ1) is 20.2. The van der Waals surface area contributed by atoms with Crippen molar-refractivity contribution in [2.24, 2.45) is 5.73 Å². The Bertz CT molecular complexity index is 767. The molecule has 136 valence electrons. The number of nitrogens with two attached hydrogens (primary N) is 1. The lowest BCUT2D eigenvalue weighted by atomic mass is 9.84. The molecule has 26 heavy (non-hydrogen) atoms. The van der Waals surface area contributed by atoms with Crippen molar-refractivity contribution in [2.45, 2.75) is 5.92 Å². The lowest BCUT2D eigenvalue weighted by molar-refractivity contribution is 0.0503. The van der Waals surface area contributed by atoms with Crippen LogP contribution in [0, 0.1) is 22.7 Å². The summed E-state index contributed by atoms with van der Waals surface area (Å²) in [5.74, 6) is -0.395. The molecule has 0 radical (unpaired) electrons. The number of dihydropyridines is 1. The van der Waals surface area contributed by atoms with Crippen LogP contribution in [-0.4, -0.2) is 38.3 Å². The van der Waals surface area contributed by atoms with Crippen molar-refractivity contribution in [3.8, 4) is 12.1 Å². The number of hydrogen-bond acceptors (Lipinski definition) is 7. The molecular formula is C18H20ClN5OS. The van der Waals surface area contributed by atoms with E-state index in [-0.39, 0.29) is 11.4 Å². The van der Waals surface area contributed by atoms with Gasteiger partial charge in [0.05, 0.1) is 47.4 Å². The van der Waals surface area contributed by atoms with Gasteiger partial charge in [-0.15, -0.1) is 12.6 Å². The van der Waals surface area contributed by atoms with Gasteiger partial charge in [0.1, 0.15) is 5.82 Å². The molecule has 0 saturated carbocycles. The third-order valence-corrected chi connectivity index (χ3v) is 4.76. The molecule has 2 aliphatic rings. The van der Waals surface area contributed by atoms with Crippen molar-refractivity contribution in [3.05, 3.63) is 56.8 Å². The number of nitrogens with one attached hydrogen (secondary N) is 1. The van der Waals surface area contributed by atoms with Crippen molar-refractivity contribution < 1.29 is 4.74 Å². The van der Waals surface area contributed by atoms with Crippen LogP contribution in [0.3, 0.4) is 0 Å². The molecule has 3 N–H and O–H groups in total. The third kappa shape index (κ3) is 4.72. The molecule has 2 heterocycles. The van der Waals surface area contributed by atoms with Crippen LogP contribution in [0.15, 0.2) is 46.3 Å². The summed E-state index contributed by atoms with van der Waals surface area (Å²) in [4.78, 5) is 2.27. The Kier molecular flexibility index (Phi) is 7.38. The van der Waals surface area contributed by atoms with E-state index in [2.05, 4.69) is 36.0 Å². The topological polar surface area (TPSA) is 98.1 Å². The van der Waals surface area contributed by atoms with E-state index >= 15 is 0 Å². The molecular weight excluding hydrogens is 370 g/mol. The highest BCUT2D eigenvalue weighted by atomic mass is 35.5. The van der Waals surface area contributed by atoms with E-state index in [0.29, 0.717) is 21.2 Å². The van der Waals surface area contributed by atoms with Crippen LogP contribution < -0.4 is 11.1 Å². The molecule has 0 amide bonds. The van der Waals surface area contributed by atoms with Crippen LogP contribution >= 0.6 is 24.2 Å². The molecule has 1 atom stereocenters. The van der Waals surface area contributed by atoms with Gasteiger partial charge in [-0.05, 0) is 18.7 Å². The van der Waals surface area contributed by atoms with Crippen LogP contribution in [0.25, 0.3) is 0 Å². The second-order valence-corrected chi connectivity index (χ2v) is 6.66. The zero-order valence-corrected chi connectivity index (χ0v) is 16.0. The van der Waals surface area contributed by atoms with Gasteiger partial charge >= 0.3 is 0 Å². The second kappa shape index (κ2) is 9.51. The SMILES string of the molecule is CN1CCOCC1.N#CC1=C(N)NC(S)=C(C#N)C1c1ccccc1Cl. The van der Waals surface area contributed by atoms with Gasteiger partial charge in [-0.1, -0.05) is 29.8 Å². The van der Waals surface area contributed by atoms with Gasteiger partial charge in [0, 0.05) is 18.1 Å². The lowest BCUT2D eigenvalue weighted by Gasteiger charge is -2.25. The van der Waals surface area contributed by atoms with E-state index in [9.17, 15) is 10.5 Å². The van der Waals surface area contributed by atoms with Gasteiger partial charge in [-0.3, -0.25) is 0 Å². The van der Waals surface area contributed by atoms with Crippen LogP contribution in [0.2, 0.25) is 5.02 Å². The average Bonchev–Trinajstić information content (AvgIpc) is 2.63. The summed E-state index contributed by atoms with van der Waals surface area (Å²) in [5.41, 5.74) is 7.03. The van der Waals surface area contributed by atoms with E-state index in [4.69, 9.17) is 22.1 Å². The zero-order chi connectivity index (χ0) is 19.1. The Balaban J connectivity index is 0.000000290. The fourth-order valence-electron chi connectivity index (χ4n) is 2.62. The third-order valence-electron chi connectivity index (χ3n) is 4.07. The first-order chi connectivity index (χ1) is 12.5. The van der Waals surface area contributed by atoms with Crippen molar-refractivity contribution in [2.75, 3.05) is 33.4 Å². The maximum atomic E-state index is 9.27. The van der Waals surface area contributed by atoms with Crippen molar-refractivity contribution in [1.29, 1.82) is 10.5 Å². The smallest absolute Gasteiger partial charge is 0.116 e. The van der Waals surface area contributed by atoms with Crippen molar-refractivity contribution >= 4 is 24.2 Å². The van der Waals surface area contributed by atoms with Gasteiger partial charge in [-0.2, -0.15) is 10.5 Å². The minimum Gasteiger partial charge on any atom is -0.384 e. The predicted octanol–water partition coefficient (Wildman–Crippen LogP) is 2.33. The standard InChI is InChI=1S/C13H9ClN4S.C5H11NO/c14-10-4-2-1-3-7(10)11-8(5-15)12(17)18-13(19)9(11)6-16;1-6-2-4-7-5-3-6/h1-4,11,18-19H,17H2;2-5H2,1H3. The largest absolute Gasteiger partial charge is 0.384 e. The number of halogens is 1. The van der Waals surface area contributed by atoms with E-state index < -0.39 is 5.92 Å². The Morgan fingerprint density at radius 1 is 1.23 bits per heavy atom. The van der Waals surface area contributed by atoms with Gasteiger partial charge in [0.2, 0.25) is 0 Å². The number of benzene rings is 1. The van der Waals surface area contributed by atoms with E-state index in [0.717, 1.165) is 26.3 Å². The second-order valence-electron chi connectivity index (χ2n) is 5.81. The van der Waals surface area contributed by atoms with Gasteiger partial charge < -0.3 is 20.7 Å². The van der Waals surface area contributed by atoms with Crippen LogP contribution in [-0.2, 0) is 4.74 Å². The fraction of sp³-hybridized carbons (Fsp3) is 0.333. The Morgan fingerprint density at radius 3 is 2.35 bits per heavy atom. The quantitative estimate of drug-likeness (QED) is 0.638. The number of nitrogens with zero attached hydrogens (tertiary/aromatic N) is 3. The minimum absolute atomic E-state index is 0.191. The highest BCUT2D eigenvalue weighted by molar-refractivity contribution is 7.84. The van der Waals surface area contributed by atoms with Crippen molar-refractivity contribution in [3.63, 3.8) is 0 Å². The fourth-order valence-corrected chi connectivity index (χ4v) is 3.16. The summed E-state index contributed by atoms with van der Waals surface area (Å²) in [6, 6.07) is 11.1. The maximum Gasteiger partial charge on any atom is 0.116 e. The number of allylic oxidation sites excluding steroid dienone is 2. The Hall–Kier alpha value is -2.16. The van der Waals surface area contributed by atoms with Gasteiger partial charge in [0.25, 0.3) is 0 Å². The number of morpholine rings is 1. The average molecular weight is 390 g/mol. The first-order valence-corrected chi connectivity index (χ1v) is 8.82. The predicted molar refractivity (Wildman–Crippen MR) is 104 cm³/mol. The van der Waals surface area contributed by atoms with E-state index in [1.54, 1.807) is 24.3 Å². The summed E-state index contributed by atoms with van der Waals surface area (Å²) in [6.07, 6.45) is 0. The number of rotatable bonds is 1. The van der Waals surface area contributed by atoms with E-state index in [1.165, 1.54) is 0 Å². The summed E-state index contributed by atoms with van der Waals surface area (Å²) in [6.45, 7) is 4.02. The molecule has 8 heteroatoms. The lowest BCUT2D eigenvalue weighted by Crippen LogP contribution is -2.32. The normalized spacial score (nSPS) is 20.4. The molecule has 3 rings (SSSR count). The highest BCUT2D eigenvalue weighted by Crippen LogP contribution is 2.39. The van der Waals surface area contributed by atoms with Crippen LogP contribution in [0.1, 0.15) is 11.5 Å². The summed E-state index contributed by atoms with van der Waals surface area (Å²) in [5, 5.41) is 22.1. The maximum absolute atomic E-state index is 9.27. The number of thiol groups is 1. The number of nitriles is 2. The molecule has 1 aromatic rings. The minimum atomic E-state index is -0.586. The van der Waals surface area contributed by atoms with Gasteiger partial charge in [0.15, 0.2) is 0 Å². The summed E-state index contributed by atoms with van der Waals surface area (Å²) >= 11 is 10.3. The van der Waals surface area contributed by atoms with Crippen molar-refractivity contribution in [1.82, 2.24) is 10.2 Å². The molecule has 0 spiro atoms. The number of ether oxygens (including phenoxy) is 1. The van der Waals surface area contributed by atoms with Crippen LogP contribution in [0.5, 0.6) is 0 Å². The number of likely N-dealkylation sites (N-methyl/N-ethyl adjacent to an activating group) is 1. The molecule has 0 bridgehead atoms. The molecule has 2 aliphatic heterocycles. The Labute approximate surface area is 163 Å². The molecule has 1 fully saturated rings. The number of hydrogen-bond donors (Lipinski definition) is 3. The van der Waals surface area contributed by atoms with E-state index in [1.807, 2.05) is 6.07 Å².